The summed E-state index contributed by atoms with van der Waals surface area (Å²) < 4.78 is 5.34. The Morgan fingerprint density at radius 1 is 1.28 bits per heavy atom. The first-order chi connectivity index (χ1) is 11.7. The summed E-state index contributed by atoms with van der Waals surface area (Å²) in [6.45, 7) is 0. The third kappa shape index (κ3) is 4.67. The second-order valence-electron chi connectivity index (χ2n) is 6.28. The highest BCUT2D eigenvalue weighted by molar-refractivity contribution is 5.85. The van der Waals surface area contributed by atoms with Crippen LogP contribution in [0.15, 0.2) is 42.5 Å². The second-order valence-corrected chi connectivity index (χ2v) is 6.28. The molecule has 0 saturated heterocycles. The molecule has 1 atom stereocenters. The van der Waals surface area contributed by atoms with E-state index in [1.165, 1.54) is 11.1 Å². The summed E-state index contributed by atoms with van der Waals surface area (Å²) in [7, 11) is 1.66. The van der Waals surface area contributed by atoms with Crippen LogP contribution in [-0.4, -0.2) is 13.0 Å². The highest BCUT2D eigenvalue weighted by Crippen LogP contribution is 2.31. The Kier molecular flexibility index (Phi) is 6.71. The molecule has 0 radical (unpaired) electrons. The number of nitrogen functional groups attached to an aromatic ring is 1. The van der Waals surface area contributed by atoms with Gasteiger partial charge < -0.3 is 15.8 Å². The first-order valence-corrected chi connectivity index (χ1v) is 8.47. The lowest BCUT2D eigenvalue weighted by Gasteiger charge is -2.26. The number of carbonyl (C=O) groups is 1. The lowest BCUT2D eigenvalue weighted by Crippen LogP contribution is -2.31. The number of halogens is 1. The van der Waals surface area contributed by atoms with Crippen LogP contribution in [0.5, 0.6) is 5.75 Å². The number of hydrogen-bond acceptors (Lipinski definition) is 3. The number of benzene rings is 2. The molecule has 0 aliphatic heterocycles. The van der Waals surface area contributed by atoms with Crippen molar-refractivity contribution in [3.8, 4) is 5.75 Å². The minimum absolute atomic E-state index is 0. The largest absolute Gasteiger partial charge is 0.496 e. The zero-order valence-electron chi connectivity index (χ0n) is 14.5. The van der Waals surface area contributed by atoms with E-state index < -0.39 is 0 Å². The smallest absolute Gasteiger partial charge is 0.220 e. The number of amides is 1. The fraction of sp³-hybridized carbons (Fsp3) is 0.350. The molecule has 134 valence electrons. The molecule has 3 N–H and O–H groups in total. The monoisotopic (exact) mass is 360 g/mol. The number of ether oxygens (including phenoxy) is 1. The van der Waals surface area contributed by atoms with Crippen LogP contribution in [-0.2, 0) is 17.6 Å². The first-order valence-electron chi connectivity index (χ1n) is 8.47. The molecule has 1 aliphatic rings. The Balaban J connectivity index is 0.00000225. The topological polar surface area (TPSA) is 64.3 Å². The van der Waals surface area contributed by atoms with Crippen molar-refractivity contribution in [2.75, 3.05) is 12.8 Å². The van der Waals surface area contributed by atoms with Gasteiger partial charge in [-0.05, 0) is 60.6 Å². The highest BCUT2D eigenvalue weighted by atomic mass is 35.5. The summed E-state index contributed by atoms with van der Waals surface area (Å²) in [6.07, 6.45) is 4.23. The van der Waals surface area contributed by atoms with E-state index in [1.807, 2.05) is 36.4 Å². The van der Waals surface area contributed by atoms with E-state index in [1.54, 1.807) is 7.11 Å². The van der Waals surface area contributed by atoms with Gasteiger partial charge >= 0.3 is 0 Å². The van der Waals surface area contributed by atoms with Gasteiger partial charge in [0.2, 0.25) is 5.91 Å². The van der Waals surface area contributed by atoms with Crippen molar-refractivity contribution in [1.82, 2.24) is 5.32 Å². The lowest BCUT2D eigenvalue weighted by atomic mass is 9.87. The summed E-state index contributed by atoms with van der Waals surface area (Å²) in [5.74, 6) is 0.916. The predicted octanol–water partition coefficient (Wildman–Crippen LogP) is 3.83. The first kappa shape index (κ1) is 19.1. The highest BCUT2D eigenvalue weighted by Gasteiger charge is 2.21. The number of hydrogen-bond donors (Lipinski definition) is 2. The molecule has 0 fully saturated rings. The van der Waals surface area contributed by atoms with Gasteiger partial charge in [-0.15, -0.1) is 12.4 Å². The van der Waals surface area contributed by atoms with Crippen molar-refractivity contribution >= 4 is 24.0 Å². The standard InChI is InChI=1S/C20H24N2O2.ClH/c1-24-19-8-3-2-5-14(19)9-12-20(23)22-18-7-4-6-15-13-16(21)10-11-17(15)18;/h2-3,5,8,10-11,13,18H,4,6-7,9,12,21H2,1H3,(H,22,23);1H. The summed E-state index contributed by atoms with van der Waals surface area (Å²) in [5, 5.41) is 3.18. The SMILES string of the molecule is COc1ccccc1CCC(=O)NC1CCCc2cc(N)ccc21.Cl. The fourth-order valence-corrected chi connectivity index (χ4v) is 3.41. The van der Waals surface area contributed by atoms with Crippen LogP contribution < -0.4 is 15.8 Å². The Labute approximate surface area is 155 Å². The van der Waals surface area contributed by atoms with Crippen molar-refractivity contribution in [2.45, 2.75) is 38.1 Å². The molecule has 2 aromatic rings. The zero-order chi connectivity index (χ0) is 16.9. The van der Waals surface area contributed by atoms with Crippen LogP contribution in [0.25, 0.3) is 0 Å². The molecule has 4 nitrogen and oxygen atoms in total. The Morgan fingerprint density at radius 2 is 2.08 bits per heavy atom. The zero-order valence-corrected chi connectivity index (χ0v) is 15.3. The van der Waals surface area contributed by atoms with Crippen LogP contribution in [0.3, 0.4) is 0 Å². The molecule has 25 heavy (non-hydrogen) atoms. The summed E-state index contributed by atoms with van der Waals surface area (Å²) in [6, 6.07) is 13.9. The number of nitrogens with one attached hydrogen (secondary N) is 1. The Hall–Kier alpha value is -2.20. The molecule has 0 spiro atoms. The van der Waals surface area contributed by atoms with Gasteiger partial charge in [0.05, 0.1) is 13.2 Å². The van der Waals surface area contributed by atoms with E-state index in [-0.39, 0.29) is 24.4 Å². The minimum Gasteiger partial charge on any atom is -0.496 e. The van der Waals surface area contributed by atoms with Gasteiger partial charge in [0.15, 0.2) is 0 Å². The fourth-order valence-electron chi connectivity index (χ4n) is 3.41. The molecule has 0 aromatic heterocycles. The van der Waals surface area contributed by atoms with Crippen molar-refractivity contribution in [3.05, 3.63) is 59.2 Å². The molecule has 1 amide bonds. The maximum Gasteiger partial charge on any atom is 0.220 e. The van der Waals surface area contributed by atoms with E-state index in [4.69, 9.17) is 10.5 Å². The third-order valence-electron chi connectivity index (χ3n) is 4.63. The number of carbonyl (C=O) groups excluding carboxylic acids is 1. The van der Waals surface area contributed by atoms with Gasteiger partial charge in [-0.2, -0.15) is 0 Å². The number of para-hydroxylation sites is 1. The Bertz CT molecular complexity index is 733. The van der Waals surface area contributed by atoms with Crippen LogP contribution in [0, 0.1) is 0 Å². The molecule has 1 unspecified atom stereocenters. The molecule has 5 heteroatoms. The third-order valence-corrected chi connectivity index (χ3v) is 4.63. The van der Waals surface area contributed by atoms with E-state index in [2.05, 4.69) is 11.4 Å². The number of methoxy groups -OCH3 is 1. The minimum atomic E-state index is 0. The second kappa shape index (κ2) is 8.77. The average molecular weight is 361 g/mol. The molecule has 3 rings (SSSR count). The van der Waals surface area contributed by atoms with Gasteiger partial charge in [0.1, 0.15) is 5.75 Å². The predicted molar refractivity (Wildman–Crippen MR) is 103 cm³/mol. The van der Waals surface area contributed by atoms with Gasteiger partial charge in [-0.3, -0.25) is 4.79 Å². The van der Waals surface area contributed by atoms with Gasteiger partial charge in [-0.1, -0.05) is 24.3 Å². The number of aryl methyl sites for hydroxylation is 2. The summed E-state index contributed by atoms with van der Waals surface area (Å²) >= 11 is 0. The summed E-state index contributed by atoms with van der Waals surface area (Å²) in [4.78, 5) is 12.4. The number of rotatable bonds is 5. The van der Waals surface area contributed by atoms with E-state index in [9.17, 15) is 4.79 Å². The quantitative estimate of drug-likeness (QED) is 0.796. The molecule has 0 saturated carbocycles. The maximum absolute atomic E-state index is 12.4. The molecule has 2 aromatic carbocycles. The normalized spacial score (nSPS) is 15.6. The van der Waals surface area contributed by atoms with Crippen molar-refractivity contribution in [3.63, 3.8) is 0 Å². The average Bonchev–Trinajstić information content (AvgIpc) is 2.60. The molecular weight excluding hydrogens is 336 g/mol. The maximum atomic E-state index is 12.4. The molecule has 1 aliphatic carbocycles. The molecular formula is C20H25ClN2O2. The van der Waals surface area contributed by atoms with Crippen molar-refractivity contribution < 1.29 is 9.53 Å². The number of anilines is 1. The van der Waals surface area contributed by atoms with Crippen LogP contribution in [0.1, 0.15) is 42.0 Å². The van der Waals surface area contributed by atoms with Gasteiger partial charge in [0, 0.05) is 12.1 Å². The van der Waals surface area contributed by atoms with Crippen LogP contribution in [0.2, 0.25) is 0 Å². The van der Waals surface area contributed by atoms with Crippen LogP contribution in [0.4, 0.5) is 5.69 Å². The van der Waals surface area contributed by atoms with E-state index in [0.29, 0.717) is 12.8 Å². The number of fused-ring (bicyclic) bond motifs is 1. The number of nitrogens with two attached hydrogens (primary N) is 1. The Morgan fingerprint density at radius 3 is 2.88 bits per heavy atom. The van der Waals surface area contributed by atoms with Crippen LogP contribution >= 0.6 is 12.4 Å². The van der Waals surface area contributed by atoms with Gasteiger partial charge in [-0.25, -0.2) is 0 Å². The van der Waals surface area contributed by atoms with Crippen molar-refractivity contribution in [1.29, 1.82) is 0 Å². The van der Waals surface area contributed by atoms with E-state index in [0.717, 1.165) is 36.3 Å². The lowest BCUT2D eigenvalue weighted by molar-refractivity contribution is -0.121. The van der Waals surface area contributed by atoms with Crippen molar-refractivity contribution in [2.24, 2.45) is 0 Å². The molecule has 0 bridgehead atoms. The summed E-state index contributed by atoms with van der Waals surface area (Å²) in [5.41, 5.74) is 10.2. The molecule has 0 heterocycles. The van der Waals surface area contributed by atoms with Gasteiger partial charge in [0.25, 0.3) is 0 Å². The van der Waals surface area contributed by atoms with E-state index >= 15 is 0 Å².